The van der Waals surface area contributed by atoms with Gasteiger partial charge in [0.2, 0.25) is 0 Å². The van der Waals surface area contributed by atoms with Crippen molar-refractivity contribution in [2.75, 3.05) is 13.1 Å². The third kappa shape index (κ3) is 5.34. The summed E-state index contributed by atoms with van der Waals surface area (Å²) in [6.45, 7) is 9.64. The van der Waals surface area contributed by atoms with Gasteiger partial charge in [-0.2, -0.15) is 0 Å². The third-order valence-electron chi connectivity index (χ3n) is 3.30. The molecular weight excluding hydrogens is 284 g/mol. The summed E-state index contributed by atoms with van der Waals surface area (Å²) in [7, 11) is 0. The lowest BCUT2D eigenvalue weighted by Gasteiger charge is -2.21. The monoisotopic (exact) mass is 308 g/mol. The van der Waals surface area contributed by atoms with Gasteiger partial charge >= 0.3 is 0 Å². The summed E-state index contributed by atoms with van der Waals surface area (Å²) in [6, 6.07) is 7.11. The topological polar surface area (TPSA) is 41.6 Å². The predicted octanol–water partition coefficient (Wildman–Crippen LogP) is 3.22. The highest BCUT2D eigenvalue weighted by molar-refractivity contribution is 7.80. The Hall–Kier alpha value is -1.62. The van der Waals surface area contributed by atoms with Gasteiger partial charge in [0, 0.05) is 18.7 Å². The molecule has 0 spiro atoms. The number of thiocarbonyl (C=S) groups is 1. The zero-order valence-corrected chi connectivity index (χ0v) is 14.0. The van der Waals surface area contributed by atoms with Crippen molar-refractivity contribution in [2.45, 2.75) is 40.2 Å². The number of amides is 1. The van der Waals surface area contributed by atoms with Crippen molar-refractivity contribution in [2.24, 2.45) is 0 Å². The van der Waals surface area contributed by atoms with Gasteiger partial charge in [0.25, 0.3) is 5.91 Å². The van der Waals surface area contributed by atoms with Crippen LogP contribution in [-0.4, -0.2) is 35.1 Å². The molecule has 0 bridgehead atoms. The van der Waals surface area contributed by atoms with E-state index in [0.717, 1.165) is 25.3 Å². The van der Waals surface area contributed by atoms with E-state index < -0.39 is 0 Å². The molecular formula is C16H24N2O2S. The van der Waals surface area contributed by atoms with Crippen LogP contribution >= 0.6 is 12.2 Å². The Kier molecular flexibility index (Phi) is 7.15. The maximum absolute atomic E-state index is 12.1. The predicted molar refractivity (Wildman–Crippen MR) is 89.8 cm³/mol. The second kappa shape index (κ2) is 8.62. The van der Waals surface area contributed by atoms with E-state index >= 15 is 0 Å². The second-order valence-electron chi connectivity index (χ2n) is 4.79. The number of benzene rings is 1. The average Bonchev–Trinajstić information content (AvgIpc) is 2.49. The molecule has 0 saturated heterocycles. The van der Waals surface area contributed by atoms with Gasteiger partial charge < -0.3 is 9.64 Å². The minimum atomic E-state index is -0.193. The Bertz CT molecular complexity index is 470. The molecule has 0 saturated carbocycles. The first-order chi connectivity index (χ1) is 10.0. The molecule has 0 fully saturated rings. The molecule has 1 N–H and O–H groups in total. The first-order valence-corrected chi connectivity index (χ1v) is 7.79. The highest BCUT2D eigenvalue weighted by Crippen LogP contribution is 2.14. The number of carbonyl (C=O) groups is 1. The number of nitrogens with one attached hydrogen (secondary N) is 1. The number of carbonyl (C=O) groups excluding carboxylic acids is 1. The zero-order chi connectivity index (χ0) is 15.8. The van der Waals surface area contributed by atoms with E-state index in [4.69, 9.17) is 17.0 Å². The van der Waals surface area contributed by atoms with Gasteiger partial charge in [-0.1, -0.05) is 6.92 Å². The molecule has 0 aliphatic carbocycles. The Labute approximate surface area is 132 Å². The summed E-state index contributed by atoms with van der Waals surface area (Å²) in [5, 5.41) is 3.21. The van der Waals surface area contributed by atoms with Crippen molar-refractivity contribution in [3.05, 3.63) is 29.8 Å². The number of hydrogen-bond acceptors (Lipinski definition) is 3. The lowest BCUT2D eigenvalue weighted by atomic mass is 10.2. The van der Waals surface area contributed by atoms with Crippen molar-refractivity contribution in [1.82, 2.24) is 10.2 Å². The van der Waals surface area contributed by atoms with E-state index in [9.17, 15) is 4.79 Å². The fourth-order valence-corrected chi connectivity index (χ4v) is 2.11. The molecule has 21 heavy (non-hydrogen) atoms. The molecule has 1 atom stereocenters. The van der Waals surface area contributed by atoms with E-state index in [1.54, 1.807) is 12.1 Å². The minimum absolute atomic E-state index is 0.167. The van der Waals surface area contributed by atoms with Crippen molar-refractivity contribution >= 4 is 23.2 Å². The van der Waals surface area contributed by atoms with Crippen molar-refractivity contribution in [1.29, 1.82) is 0 Å². The van der Waals surface area contributed by atoms with E-state index in [1.807, 2.05) is 37.8 Å². The number of hydrogen-bond donors (Lipinski definition) is 1. The normalized spacial score (nSPS) is 11.6. The van der Waals surface area contributed by atoms with Crippen LogP contribution in [-0.2, 0) is 0 Å². The SMILES string of the molecule is CCC(C)Oc1ccc(C(=O)NC(=S)N(CC)CC)cc1. The quantitative estimate of drug-likeness (QED) is 0.819. The Morgan fingerprint density at radius 2 is 1.81 bits per heavy atom. The molecule has 1 aromatic carbocycles. The van der Waals surface area contributed by atoms with Gasteiger partial charge in [-0.05, 0) is 63.7 Å². The summed E-state index contributed by atoms with van der Waals surface area (Å²) in [5.74, 6) is 0.578. The summed E-state index contributed by atoms with van der Waals surface area (Å²) < 4.78 is 5.69. The molecule has 0 aliphatic heterocycles. The lowest BCUT2D eigenvalue weighted by molar-refractivity contribution is 0.0973. The first kappa shape index (κ1) is 17.4. The van der Waals surface area contributed by atoms with E-state index in [2.05, 4.69) is 12.2 Å². The summed E-state index contributed by atoms with van der Waals surface area (Å²) >= 11 is 5.22. The number of ether oxygens (including phenoxy) is 1. The van der Waals surface area contributed by atoms with Crippen LogP contribution in [0.15, 0.2) is 24.3 Å². The zero-order valence-electron chi connectivity index (χ0n) is 13.2. The van der Waals surface area contributed by atoms with Crippen LogP contribution in [0.3, 0.4) is 0 Å². The average molecular weight is 308 g/mol. The highest BCUT2D eigenvalue weighted by atomic mass is 32.1. The molecule has 1 amide bonds. The molecule has 1 unspecified atom stereocenters. The summed E-state index contributed by atoms with van der Waals surface area (Å²) in [4.78, 5) is 14.0. The van der Waals surface area contributed by atoms with Crippen molar-refractivity contribution in [3.63, 3.8) is 0 Å². The van der Waals surface area contributed by atoms with Crippen molar-refractivity contribution < 1.29 is 9.53 Å². The molecule has 0 heterocycles. The van der Waals surface area contributed by atoms with E-state index in [0.29, 0.717) is 10.7 Å². The minimum Gasteiger partial charge on any atom is -0.491 e. The largest absolute Gasteiger partial charge is 0.491 e. The smallest absolute Gasteiger partial charge is 0.257 e. The maximum Gasteiger partial charge on any atom is 0.257 e. The lowest BCUT2D eigenvalue weighted by Crippen LogP contribution is -2.42. The van der Waals surface area contributed by atoms with Crippen LogP contribution in [0.4, 0.5) is 0 Å². The summed E-state index contributed by atoms with van der Waals surface area (Å²) in [6.07, 6.45) is 1.11. The van der Waals surface area contributed by atoms with Gasteiger partial charge in [-0.25, -0.2) is 0 Å². The fraction of sp³-hybridized carbons (Fsp3) is 0.500. The van der Waals surface area contributed by atoms with Crippen LogP contribution in [0.2, 0.25) is 0 Å². The molecule has 5 heteroatoms. The second-order valence-corrected chi connectivity index (χ2v) is 5.18. The van der Waals surface area contributed by atoms with Crippen molar-refractivity contribution in [3.8, 4) is 5.75 Å². The first-order valence-electron chi connectivity index (χ1n) is 7.38. The highest BCUT2D eigenvalue weighted by Gasteiger charge is 2.11. The third-order valence-corrected chi connectivity index (χ3v) is 3.66. The standard InChI is InChI=1S/C16H24N2O2S/c1-5-12(4)20-14-10-8-13(9-11-14)15(19)17-16(21)18(6-2)7-3/h8-12H,5-7H2,1-4H3,(H,17,19,21). The van der Waals surface area contributed by atoms with Crippen LogP contribution < -0.4 is 10.1 Å². The molecule has 0 aliphatic rings. The van der Waals surface area contributed by atoms with Gasteiger partial charge in [-0.15, -0.1) is 0 Å². The Morgan fingerprint density at radius 3 is 2.29 bits per heavy atom. The van der Waals surface area contributed by atoms with Crippen LogP contribution in [0, 0.1) is 0 Å². The summed E-state index contributed by atoms with van der Waals surface area (Å²) in [5.41, 5.74) is 0.570. The molecule has 116 valence electrons. The van der Waals surface area contributed by atoms with E-state index in [-0.39, 0.29) is 12.0 Å². The number of rotatable bonds is 6. The Morgan fingerprint density at radius 1 is 1.24 bits per heavy atom. The van der Waals surface area contributed by atoms with E-state index in [1.165, 1.54) is 0 Å². The number of nitrogens with zero attached hydrogens (tertiary/aromatic N) is 1. The van der Waals surface area contributed by atoms with Crippen LogP contribution in [0.5, 0.6) is 5.75 Å². The van der Waals surface area contributed by atoms with Gasteiger partial charge in [0.15, 0.2) is 5.11 Å². The molecule has 0 aromatic heterocycles. The Balaban J connectivity index is 2.65. The maximum atomic E-state index is 12.1. The molecule has 1 rings (SSSR count). The van der Waals surface area contributed by atoms with Gasteiger partial charge in [0.1, 0.15) is 5.75 Å². The van der Waals surface area contributed by atoms with Gasteiger partial charge in [-0.3, -0.25) is 10.1 Å². The van der Waals surface area contributed by atoms with Crippen LogP contribution in [0.25, 0.3) is 0 Å². The molecule has 0 radical (unpaired) electrons. The molecule has 1 aromatic rings. The van der Waals surface area contributed by atoms with Crippen LogP contribution in [0.1, 0.15) is 44.5 Å². The molecule has 4 nitrogen and oxygen atoms in total. The van der Waals surface area contributed by atoms with Gasteiger partial charge in [0.05, 0.1) is 6.10 Å². The fourth-order valence-electron chi connectivity index (χ4n) is 1.76.